The fourth-order valence-corrected chi connectivity index (χ4v) is 1.48. The van der Waals surface area contributed by atoms with E-state index in [0.717, 1.165) is 11.1 Å². The van der Waals surface area contributed by atoms with Crippen LogP contribution < -0.4 is 10.6 Å². The number of hydrogen-bond acceptors (Lipinski definition) is 3. The molecule has 0 aromatic heterocycles. The average Bonchev–Trinajstić information content (AvgIpc) is 2.40. The molecule has 0 radical (unpaired) electrons. The van der Waals surface area contributed by atoms with Crippen molar-refractivity contribution in [3.63, 3.8) is 0 Å². The highest BCUT2D eigenvalue weighted by Gasteiger charge is 2.15. The van der Waals surface area contributed by atoms with E-state index < -0.39 is 11.8 Å². The fraction of sp³-hybridized carbons (Fsp3) is 0.429. The van der Waals surface area contributed by atoms with Gasteiger partial charge in [-0.1, -0.05) is 19.1 Å². The highest BCUT2D eigenvalue weighted by atomic mass is 16.3. The molecule has 5 nitrogen and oxygen atoms in total. The van der Waals surface area contributed by atoms with Crippen molar-refractivity contribution >= 4 is 17.5 Å². The second-order valence-corrected chi connectivity index (χ2v) is 4.70. The van der Waals surface area contributed by atoms with Gasteiger partial charge in [0.05, 0.1) is 0 Å². The zero-order valence-corrected chi connectivity index (χ0v) is 11.5. The summed E-state index contributed by atoms with van der Waals surface area (Å²) in [5, 5.41) is 13.9. The van der Waals surface area contributed by atoms with Crippen LogP contribution in [0.2, 0.25) is 0 Å². The molecule has 0 aliphatic carbocycles. The van der Waals surface area contributed by atoms with E-state index in [2.05, 4.69) is 10.6 Å². The predicted octanol–water partition coefficient (Wildman–Crippen LogP) is 0.987. The van der Waals surface area contributed by atoms with Crippen molar-refractivity contribution in [1.29, 1.82) is 0 Å². The Morgan fingerprint density at radius 2 is 1.95 bits per heavy atom. The quantitative estimate of drug-likeness (QED) is 0.709. The summed E-state index contributed by atoms with van der Waals surface area (Å²) in [5.41, 5.74) is 2.62. The third-order valence-corrected chi connectivity index (χ3v) is 2.98. The number of aryl methyl sites for hydroxylation is 1. The minimum Gasteiger partial charge on any atom is -0.396 e. The van der Waals surface area contributed by atoms with Crippen LogP contribution in [0, 0.1) is 19.8 Å². The molecule has 2 amide bonds. The molecule has 1 unspecified atom stereocenters. The molecule has 1 aromatic carbocycles. The van der Waals surface area contributed by atoms with Crippen molar-refractivity contribution in [2.24, 2.45) is 5.92 Å². The van der Waals surface area contributed by atoms with E-state index in [-0.39, 0.29) is 19.1 Å². The lowest BCUT2D eigenvalue weighted by Crippen LogP contribution is -2.38. The van der Waals surface area contributed by atoms with Gasteiger partial charge in [-0.3, -0.25) is 9.59 Å². The Morgan fingerprint density at radius 3 is 2.58 bits per heavy atom. The number of anilines is 1. The predicted molar refractivity (Wildman–Crippen MR) is 73.8 cm³/mol. The molecule has 0 saturated heterocycles. The summed E-state index contributed by atoms with van der Waals surface area (Å²) in [6.45, 7) is 5.85. The first-order valence-electron chi connectivity index (χ1n) is 6.22. The maximum Gasteiger partial charge on any atom is 0.313 e. The molecule has 3 N–H and O–H groups in total. The Labute approximate surface area is 113 Å². The van der Waals surface area contributed by atoms with Gasteiger partial charge in [0.25, 0.3) is 0 Å². The lowest BCUT2D eigenvalue weighted by atomic mass is 10.1. The van der Waals surface area contributed by atoms with Crippen LogP contribution in [0.5, 0.6) is 0 Å². The molecule has 0 bridgehead atoms. The van der Waals surface area contributed by atoms with Crippen LogP contribution in [0.1, 0.15) is 18.1 Å². The van der Waals surface area contributed by atoms with E-state index in [4.69, 9.17) is 5.11 Å². The molecule has 0 aliphatic rings. The average molecular weight is 264 g/mol. The van der Waals surface area contributed by atoms with E-state index in [9.17, 15) is 9.59 Å². The van der Waals surface area contributed by atoms with Gasteiger partial charge in [-0.2, -0.15) is 0 Å². The maximum atomic E-state index is 11.7. The van der Waals surface area contributed by atoms with Crippen LogP contribution in [0.4, 0.5) is 5.69 Å². The molecule has 0 saturated carbocycles. The van der Waals surface area contributed by atoms with Crippen LogP contribution >= 0.6 is 0 Å². The number of aliphatic hydroxyl groups excluding tert-OH is 1. The lowest BCUT2D eigenvalue weighted by molar-refractivity contribution is -0.136. The number of carbonyl (C=O) groups excluding carboxylic acids is 2. The van der Waals surface area contributed by atoms with E-state index in [0.29, 0.717) is 5.69 Å². The number of nitrogens with one attached hydrogen (secondary N) is 2. The highest BCUT2D eigenvalue weighted by Crippen LogP contribution is 2.17. The summed E-state index contributed by atoms with van der Waals surface area (Å²) in [7, 11) is 0. The number of aliphatic hydroxyl groups is 1. The number of benzene rings is 1. The first kappa shape index (κ1) is 15.2. The minimum atomic E-state index is -0.696. The van der Waals surface area contributed by atoms with Gasteiger partial charge in [-0.25, -0.2) is 0 Å². The van der Waals surface area contributed by atoms with Gasteiger partial charge in [-0.05, 0) is 37.0 Å². The molecular formula is C14H20N2O3. The van der Waals surface area contributed by atoms with Crippen molar-refractivity contribution in [2.45, 2.75) is 20.8 Å². The molecule has 1 atom stereocenters. The molecule has 1 rings (SSSR count). The second kappa shape index (κ2) is 6.89. The maximum absolute atomic E-state index is 11.7. The summed E-state index contributed by atoms with van der Waals surface area (Å²) in [5.74, 6) is -1.46. The van der Waals surface area contributed by atoms with Crippen molar-refractivity contribution < 1.29 is 14.7 Å². The molecule has 0 aliphatic heterocycles. The van der Waals surface area contributed by atoms with E-state index >= 15 is 0 Å². The SMILES string of the molecule is Cc1cccc(NC(=O)C(=O)NCC(C)CO)c1C. The number of carbonyl (C=O) groups is 2. The van der Waals surface area contributed by atoms with E-state index in [1.54, 1.807) is 13.0 Å². The third kappa shape index (κ3) is 4.37. The topological polar surface area (TPSA) is 78.4 Å². The fourth-order valence-electron chi connectivity index (χ4n) is 1.48. The summed E-state index contributed by atoms with van der Waals surface area (Å²) >= 11 is 0. The summed E-state index contributed by atoms with van der Waals surface area (Å²) in [6, 6.07) is 5.52. The summed E-state index contributed by atoms with van der Waals surface area (Å²) in [4.78, 5) is 23.3. The standard InChI is InChI=1S/C14H20N2O3/c1-9(8-17)7-15-13(18)14(19)16-12-6-4-5-10(2)11(12)3/h4-6,9,17H,7-8H2,1-3H3,(H,15,18)(H,16,19). The second-order valence-electron chi connectivity index (χ2n) is 4.70. The van der Waals surface area contributed by atoms with Gasteiger partial charge in [0.2, 0.25) is 0 Å². The Kier molecular flexibility index (Phi) is 5.51. The lowest BCUT2D eigenvalue weighted by Gasteiger charge is -2.11. The van der Waals surface area contributed by atoms with Crippen LogP contribution in [-0.2, 0) is 9.59 Å². The van der Waals surface area contributed by atoms with E-state index in [1.165, 1.54) is 0 Å². The van der Waals surface area contributed by atoms with Crippen molar-refractivity contribution in [2.75, 3.05) is 18.5 Å². The monoisotopic (exact) mass is 264 g/mol. The van der Waals surface area contributed by atoms with Crippen LogP contribution in [-0.4, -0.2) is 30.1 Å². The Morgan fingerprint density at radius 1 is 1.26 bits per heavy atom. The Balaban J connectivity index is 2.59. The molecule has 19 heavy (non-hydrogen) atoms. The van der Waals surface area contributed by atoms with Crippen LogP contribution in [0.15, 0.2) is 18.2 Å². The van der Waals surface area contributed by atoms with Gasteiger partial charge in [-0.15, -0.1) is 0 Å². The minimum absolute atomic E-state index is 0.0289. The van der Waals surface area contributed by atoms with Gasteiger partial charge in [0.1, 0.15) is 0 Å². The number of amides is 2. The summed E-state index contributed by atoms with van der Waals surface area (Å²) < 4.78 is 0. The first-order chi connectivity index (χ1) is 8.95. The normalized spacial score (nSPS) is 11.8. The summed E-state index contributed by atoms with van der Waals surface area (Å²) in [6.07, 6.45) is 0. The largest absolute Gasteiger partial charge is 0.396 e. The van der Waals surface area contributed by atoms with Gasteiger partial charge in [0.15, 0.2) is 0 Å². The molecule has 0 heterocycles. The van der Waals surface area contributed by atoms with E-state index in [1.807, 2.05) is 26.0 Å². The van der Waals surface area contributed by atoms with Crippen molar-refractivity contribution in [1.82, 2.24) is 5.32 Å². The first-order valence-corrected chi connectivity index (χ1v) is 6.22. The number of hydrogen-bond donors (Lipinski definition) is 3. The third-order valence-electron chi connectivity index (χ3n) is 2.98. The Hall–Kier alpha value is -1.88. The molecule has 5 heteroatoms. The zero-order chi connectivity index (χ0) is 14.4. The molecule has 0 fully saturated rings. The van der Waals surface area contributed by atoms with Gasteiger partial charge in [0, 0.05) is 18.8 Å². The van der Waals surface area contributed by atoms with Crippen LogP contribution in [0.25, 0.3) is 0 Å². The van der Waals surface area contributed by atoms with Crippen molar-refractivity contribution in [3.8, 4) is 0 Å². The number of rotatable bonds is 4. The van der Waals surface area contributed by atoms with Gasteiger partial charge < -0.3 is 15.7 Å². The molecule has 0 spiro atoms. The van der Waals surface area contributed by atoms with Crippen LogP contribution in [0.3, 0.4) is 0 Å². The highest BCUT2D eigenvalue weighted by molar-refractivity contribution is 6.39. The van der Waals surface area contributed by atoms with Crippen molar-refractivity contribution in [3.05, 3.63) is 29.3 Å². The molecule has 1 aromatic rings. The molecular weight excluding hydrogens is 244 g/mol. The Bertz CT molecular complexity index is 472. The smallest absolute Gasteiger partial charge is 0.313 e. The zero-order valence-electron chi connectivity index (χ0n) is 11.5. The van der Waals surface area contributed by atoms with Gasteiger partial charge >= 0.3 is 11.8 Å². The molecule has 104 valence electrons.